The third-order valence-corrected chi connectivity index (χ3v) is 0. The van der Waals surface area contributed by atoms with Gasteiger partial charge >= 0.3 is 29.6 Å². The van der Waals surface area contributed by atoms with Gasteiger partial charge in [0.1, 0.15) is 0 Å². The molecule has 0 saturated carbocycles. The van der Waals surface area contributed by atoms with Crippen LogP contribution in [-0.2, 0) is 21.7 Å². The van der Waals surface area contributed by atoms with Gasteiger partial charge in [0.05, 0.1) is 0 Å². The molecular weight excluding hydrogens is 143 g/mol. The van der Waals surface area contributed by atoms with E-state index in [1.165, 1.54) is 7.85 Å². The summed E-state index contributed by atoms with van der Waals surface area (Å²) in [4.78, 5) is 0. The summed E-state index contributed by atoms with van der Waals surface area (Å²) < 4.78 is 0. The topological polar surface area (TPSA) is 23.8 Å². The van der Waals surface area contributed by atoms with Crippen LogP contribution in [0.5, 0.6) is 0 Å². The molecule has 5 heteroatoms. The van der Waals surface area contributed by atoms with Crippen LogP contribution in [0.15, 0.2) is 0 Å². The number of rotatable bonds is 0. The molecule has 0 saturated heterocycles. The summed E-state index contributed by atoms with van der Waals surface area (Å²) in [5, 5.41) is 7.32. The van der Waals surface area contributed by atoms with Crippen LogP contribution in [0, 0.1) is 11.2 Å². The van der Waals surface area contributed by atoms with Crippen LogP contribution in [0.2, 0.25) is 0 Å². The minimum atomic E-state index is 0. The van der Waals surface area contributed by atoms with Crippen molar-refractivity contribution >= 4 is 49.8 Å². The molecular formula is CH4BClNNaTi. The maximum absolute atomic E-state index is 7.32. The molecule has 0 aliphatic rings. The van der Waals surface area contributed by atoms with Crippen molar-refractivity contribution in [2.45, 2.75) is 0 Å². The molecule has 0 fully saturated rings. The minimum Gasteiger partial charge on any atom is 0 e. The molecule has 0 rings (SSSR count). The maximum Gasteiger partial charge on any atom is 0 e. The zero-order valence-electron chi connectivity index (χ0n) is 2.86. The first-order valence-electron chi connectivity index (χ1n) is 0.724. The van der Waals surface area contributed by atoms with Crippen LogP contribution < -0.4 is 0 Å². The Hall–Kier alpha value is 1.56. The van der Waals surface area contributed by atoms with E-state index in [0.717, 1.165) is 0 Å². The molecule has 0 atom stereocenters. The zero-order chi connectivity index (χ0) is 2.71. The summed E-state index contributed by atoms with van der Waals surface area (Å²) in [6.45, 7) is 0. The van der Waals surface area contributed by atoms with E-state index in [4.69, 9.17) is 5.26 Å². The van der Waals surface area contributed by atoms with Gasteiger partial charge in [0.15, 0.2) is 0 Å². The fraction of sp³-hybridized carbons (Fsp3) is 0. The quantitative estimate of drug-likeness (QED) is 0.398. The maximum atomic E-state index is 7.32. The summed E-state index contributed by atoms with van der Waals surface area (Å²) >= 11 is 0. The summed E-state index contributed by atoms with van der Waals surface area (Å²) in [6.07, 6.45) is 0. The van der Waals surface area contributed by atoms with Crippen molar-refractivity contribution < 1.29 is 21.7 Å². The predicted octanol–water partition coefficient (Wildman–Crippen LogP) is -1.13. The van der Waals surface area contributed by atoms with Crippen molar-refractivity contribution in [3.63, 3.8) is 0 Å². The molecule has 1 nitrogen and oxygen atoms in total. The second-order valence-electron chi connectivity index (χ2n) is 0.224. The molecule has 6 heavy (non-hydrogen) atoms. The summed E-state index contributed by atoms with van der Waals surface area (Å²) in [6, 6.07) is 0. The molecule has 0 radical (unpaired) electrons. The molecule has 0 N–H and O–H groups in total. The van der Waals surface area contributed by atoms with Gasteiger partial charge in [0.2, 0.25) is 7.85 Å². The fourth-order valence-corrected chi connectivity index (χ4v) is 0. The number of halogens is 1. The van der Waals surface area contributed by atoms with Gasteiger partial charge in [-0.2, -0.15) is 0 Å². The van der Waals surface area contributed by atoms with Gasteiger partial charge in [0.25, 0.3) is 0 Å². The Balaban J connectivity index is -0.00000000667. The zero-order valence-corrected chi connectivity index (χ0v) is 5.23. The van der Waals surface area contributed by atoms with E-state index in [1.807, 2.05) is 0 Å². The van der Waals surface area contributed by atoms with Gasteiger partial charge in [-0.3, -0.25) is 0 Å². The Kier molecular flexibility index (Phi) is 132. The van der Waals surface area contributed by atoms with Crippen molar-refractivity contribution in [3.8, 4) is 5.97 Å². The van der Waals surface area contributed by atoms with Crippen LogP contribution in [0.1, 0.15) is 0 Å². The van der Waals surface area contributed by atoms with Crippen LogP contribution >= 0.6 is 12.4 Å². The SMILES string of the molecule is BC#N.Cl.[NaH].[Ti]. The third-order valence-electron chi connectivity index (χ3n) is 0. The Morgan fingerprint density at radius 3 is 1.50 bits per heavy atom. The van der Waals surface area contributed by atoms with Gasteiger partial charge in [0, 0.05) is 21.7 Å². The molecule has 0 unspecified atom stereocenters. The van der Waals surface area contributed by atoms with E-state index in [-0.39, 0.29) is 63.7 Å². The smallest absolute Gasteiger partial charge is 0 e. The van der Waals surface area contributed by atoms with E-state index in [0.29, 0.717) is 0 Å². The fourth-order valence-electron chi connectivity index (χ4n) is 0. The van der Waals surface area contributed by atoms with Crippen molar-refractivity contribution in [1.82, 2.24) is 0 Å². The Morgan fingerprint density at radius 2 is 1.50 bits per heavy atom. The number of nitrogens with zero attached hydrogens (tertiary/aromatic N) is 1. The van der Waals surface area contributed by atoms with E-state index in [9.17, 15) is 0 Å². The van der Waals surface area contributed by atoms with Crippen LogP contribution in [0.3, 0.4) is 0 Å². The van der Waals surface area contributed by atoms with E-state index in [2.05, 4.69) is 0 Å². The number of hydrogen-bond acceptors (Lipinski definition) is 1. The molecule has 0 aromatic heterocycles. The summed E-state index contributed by atoms with van der Waals surface area (Å²) in [7, 11) is 1.43. The second-order valence-corrected chi connectivity index (χ2v) is 0.224. The molecule has 0 heterocycles. The van der Waals surface area contributed by atoms with Crippen LogP contribution in [0.4, 0.5) is 0 Å². The average molecular weight is 147 g/mol. The second kappa shape index (κ2) is 31.0. The van der Waals surface area contributed by atoms with Crippen molar-refractivity contribution in [3.05, 3.63) is 0 Å². The molecule has 0 aromatic carbocycles. The third kappa shape index (κ3) is 47.5. The minimum absolute atomic E-state index is 0. The number of hydrogen-bond donors (Lipinski definition) is 0. The van der Waals surface area contributed by atoms with Gasteiger partial charge < -0.3 is 0 Å². The first kappa shape index (κ1) is 25.7. The Bertz CT molecular complexity index is 37.0. The molecule has 0 amide bonds. The molecule has 0 aromatic rings. The Labute approximate surface area is 81.9 Å². The van der Waals surface area contributed by atoms with Crippen LogP contribution in [0.25, 0.3) is 0 Å². The molecule has 0 bridgehead atoms. The Morgan fingerprint density at radius 1 is 1.50 bits per heavy atom. The van der Waals surface area contributed by atoms with Gasteiger partial charge in [-0.1, -0.05) is 0 Å². The van der Waals surface area contributed by atoms with Gasteiger partial charge in [-0.15, -0.1) is 12.4 Å². The molecule has 0 aliphatic carbocycles. The predicted molar refractivity (Wildman–Crippen MR) is 28.6 cm³/mol. The summed E-state index contributed by atoms with van der Waals surface area (Å²) in [5.74, 6) is 1.75. The normalized spacial score (nSPS) is 1.17. The first-order chi connectivity index (χ1) is 1.41. The monoisotopic (exact) mass is 147 g/mol. The van der Waals surface area contributed by atoms with Crippen molar-refractivity contribution in [2.24, 2.45) is 0 Å². The van der Waals surface area contributed by atoms with E-state index in [1.54, 1.807) is 5.97 Å². The summed E-state index contributed by atoms with van der Waals surface area (Å²) in [5.41, 5.74) is 0. The standard InChI is InChI=1S/CH2BN.ClH.Na.Ti.H/c2-1-3;;;;/h2H2;1H;;;. The van der Waals surface area contributed by atoms with Gasteiger partial charge in [-0.05, 0) is 5.97 Å². The number of nitriles is 1. The van der Waals surface area contributed by atoms with Gasteiger partial charge in [-0.25, -0.2) is 5.26 Å². The van der Waals surface area contributed by atoms with E-state index < -0.39 is 0 Å². The largest absolute Gasteiger partial charge is 0 e. The van der Waals surface area contributed by atoms with Crippen molar-refractivity contribution in [1.29, 1.82) is 5.26 Å². The van der Waals surface area contributed by atoms with Crippen molar-refractivity contribution in [2.75, 3.05) is 0 Å². The van der Waals surface area contributed by atoms with E-state index >= 15 is 0 Å². The average Bonchev–Trinajstić information content (AvgIpc) is 0.918. The first-order valence-corrected chi connectivity index (χ1v) is 0.724. The van der Waals surface area contributed by atoms with Crippen LogP contribution in [-0.4, -0.2) is 37.4 Å². The molecule has 0 aliphatic heterocycles. The molecule has 28 valence electrons. The molecule has 0 spiro atoms.